The number of likely N-dealkylation sites (tertiary alicyclic amines) is 1. The van der Waals surface area contributed by atoms with Crippen molar-refractivity contribution in [2.45, 2.75) is 57.5 Å². The fraction of sp³-hybridized carbons (Fsp3) is 0.360. The molecule has 2 aromatic rings. The number of carbonyl (C=O) groups excluding carboxylic acids is 2. The Kier molecular flexibility index (Phi) is 6.08. The van der Waals surface area contributed by atoms with E-state index in [0.717, 1.165) is 49.7 Å². The number of aliphatic hydroxyl groups is 1. The Bertz CT molecular complexity index is 1070. The number of aliphatic hydroxyl groups excluding tert-OH is 1. The van der Waals surface area contributed by atoms with Gasteiger partial charge in [0.25, 0.3) is 17.4 Å². The summed E-state index contributed by atoms with van der Waals surface area (Å²) in [6.45, 7) is 2.05. The van der Waals surface area contributed by atoms with E-state index >= 15 is 0 Å². The monoisotopic (exact) mass is 434 g/mol. The third-order valence-corrected chi connectivity index (χ3v) is 6.50. The van der Waals surface area contributed by atoms with E-state index in [0.29, 0.717) is 0 Å². The first kappa shape index (κ1) is 21.7. The van der Waals surface area contributed by atoms with Crippen LogP contribution in [0.4, 0.5) is 5.69 Å². The van der Waals surface area contributed by atoms with Gasteiger partial charge < -0.3 is 10.0 Å². The van der Waals surface area contributed by atoms with Crippen molar-refractivity contribution in [3.8, 4) is 0 Å². The van der Waals surface area contributed by atoms with E-state index in [4.69, 9.17) is 0 Å². The fourth-order valence-electron chi connectivity index (χ4n) is 4.75. The van der Waals surface area contributed by atoms with E-state index in [1.807, 2.05) is 24.3 Å². The van der Waals surface area contributed by atoms with Crippen molar-refractivity contribution in [2.75, 3.05) is 0 Å². The Labute approximate surface area is 186 Å². The molecule has 1 amide bonds. The number of nitro benzene ring substituents is 1. The van der Waals surface area contributed by atoms with Crippen LogP contribution in [0.25, 0.3) is 5.76 Å². The number of Topliss-reactive ketones (excluding diaryl/α,β-unsaturated/α-hetero) is 1. The standard InChI is InChI=1S/C25H26N2O5/c1-2-16-8-10-17(11-9-16)22-21(23(28)18-12-14-20(15-13-18)27(31)32)24(29)25(30)26(22)19-6-4-3-5-7-19/h8-15,19,22,28H,2-7H2,1H3/b23-21-. The predicted octanol–water partition coefficient (Wildman–Crippen LogP) is 4.91. The van der Waals surface area contributed by atoms with E-state index in [1.165, 1.54) is 24.3 Å². The van der Waals surface area contributed by atoms with Gasteiger partial charge in [0.05, 0.1) is 16.5 Å². The predicted molar refractivity (Wildman–Crippen MR) is 120 cm³/mol. The zero-order valence-electron chi connectivity index (χ0n) is 18.0. The molecule has 7 heteroatoms. The Morgan fingerprint density at radius 2 is 1.66 bits per heavy atom. The lowest BCUT2D eigenvalue weighted by Crippen LogP contribution is -2.40. The Morgan fingerprint density at radius 3 is 2.22 bits per heavy atom. The van der Waals surface area contributed by atoms with Crippen molar-refractivity contribution in [1.29, 1.82) is 0 Å². The van der Waals surface area contributed by atoms with Crippen molar-refractivity contribution in [3.63, 3.8) is 0 Å². The molecule has 4 rings (SSSR count). The Morgan fingerprint density at radius 1 is 1.03 bits per heavy atom. The highest BCUT2D eigenvalue weighted by Crippen LogP contribution is 2.43. The molecule has 1 aliphatic heterocycles. The summed E-state index contributed by atoms with van der Waals surface area (Å²) in [4.78, 5) is 38.4. The highest BCUT2D eigenvalue weighted by atomic mass is 16.6. The number of amides is 1. The largest absolute Gasteiger partial charge is 0.507 e. The smallest absolute Gasteiger partial charge is 0.295 e. The van der Waals surface area contributed by atoms with Crippen LogP contribution in [-0.2, 0) is 16.0 Å². The molecule has 0 radical (unpaired) electrons. The van der Waals surface area contributed by atoms with E-state index in [9.17, 15) is 24.8 Å². The van der Waals surface area contributed by atoms with Crippen LogP contribution >= 0.6 is 0 Å². The molecule has 0 spiro atoms. The molecule has 1 saturated heterocycles. The highest BCUT2D eigenvalue weighted by Gasteiger charge is 2.48. The molecule has 1 heterocycles. The zero-order valence-corrected chi connectivity index (χ0v) is 18.0. The van der Waals surface area contributed by atoms with Crippen LogP contribution < -0.4 is 0 Å². The maximum Gasteiger partial charge on any atom is 0.295 e. The normalized spacial score (nSPS) is 21.2. The summed E-state index contributed by atoms with van der Waals surface area (Å²) in [7, 11) is 0. The molecule has 1 aliphatic carbocycles. The molecule has 2 fully saturated rings. The van der Waals surface area contributed by atoms with Crippen molar-refractivity contribution in [1.82, 2.24) is 4.90 Å². The summed E-state index contributed by atoms with van der Waals surface area (Å²) in [5.74, 6) is -1.61. The molecule has 1 atom stereocenters. The first-order valence-electron chi connectivity index (χ1n) is 11.1. The Balaban J connectivity index is 1.83. The third kappa shape index (κ3) is 3.90. The number of benzene rings is 2. The summed E-state index contributed by atoms with van der Waals surface area (Å²) in [6, 6.07) is 12.4. The topological polar surface area (TPSA) is 101 Å². The maximum atomic E-state index is 13.1. The van der Waals surface area contributed by atoms with Crippen LogP contribution in [0.1, 0.15) is 61.8 Å². The average Bonchev–Trinajstić information content (AvgIpc) is 3.09. The van der Waals surface area contributed by atoms with Gasteiger partial charge in [-0.2, -0.15) is 0 Å². The first-order chi connectivity index (χ1) is 15.4. The van der Waals surface area contributed by atoms with Crippen LogP contribution in [-0.4, -0.2) is 32.7 Å². The van der Waals surface area contributed by atoms with Gasteiger partial charge in [-0.3, -0.25) is 19.7 Å². The quantitative estimate of drug-likeness (QED) is 0.237. The number of nitro groups is 1. The number of nitrogens with zero attached hydrogens (tertiary/aromatic N) is 2. The second-order valence-corrected chi connectivity index (χ2v) is 8.40. The summed E-state index contributed by atoms with van der Waals surface area (Å²) < 4.78 is 0. The molecule has 0 aromatic heterocycles. The van der Waals surface area contributed by atoms with Gasteiger partial charge in [0, 0.05) is 23.7 Å². The van der Waals surface area contributed by atoms with Gasteiger partial charge in [0.2, 0.25) is 0 Å². The van der Waals surface area contributed by atoms with E-state index in [-0.39, 0.29) is 28.6 Å². The fourth-order valence-corrected chi connectivity index (χ4v) is 4.75. The van der Waals surface area contributed by atoms with Crippen molar-refractivity contribution in [3.05, 3.63) is 80.9 Å². The number of hydrogen-bond donors (Lipinski definition) is 1. The lowest BCUT2D eigenvalue weighted by Gasteiger charge is -2.35. The molecule has 7 nitrogen and oxygen atoms in total. The summed E-state index contributed by atoms with van der Waals surface area (Å²) in [6.07, 6.45) is 5.63. The zero-order chi connectivity index (χ0) is 22.8. The van der Waals surface area contributed by atoms with Crippen LogP contribution in [0.3, 0.4) is 0 Å². The second kappa shape index (κ2) is 8.94. The average molecular weight is 434 g/mol. The van der Waals surface area contributed by atoms with E-state index < -0.39 is 22.7 Å². The molecular weight excluding hydrogens is 408 g/mol. The number of rotatable bonds is 5. The second-order valence-electron chi connectivity index (χ2n) is 8.40. The number of non-ortho nitro benzene ring substituents is 1. The van der Waals surface area contributed by atoms with E-state index in [1.54, 1.807) is 4.90 Å². The number of ketones is 1. The van der Waals surface area contributed by atoms with Gasteiger partial charge in [-0.05, 0) is 42.5 Å². The van der Waals surface area contributed by atoms with Crippen molar-refractivity contribution >= 4 is 23.1 Å². The van der Waals surface area contributed by atoms with Crippen molar-refractivity contribution in [2.24, 2.45) is 0 Å². The summed E-state index contributed by atoms with van der Waals surface area (Å²) in [5.41, 5.74) is 2.11. The maximum absolute atomic E-state index is 13.1. The third-order valence-electron chi connectivity index (χ3n) is 6.50. The van der Waals surface area contributed by atoms with Gasteiger partial charge >= 0.3 is 0 Å². The molecule has 2 aromatic carbocycles. The first-order valence-corrected chi connectivity index (χ1v) is 11.1. The lowest BCUT2D eigenvalue weighted by atomic mass is 9.90. The minimum Gasteiger partial charge on any atom is -0.507 e. The van der Waals surface area contributed by atoms with Crippen LogP contribution in [0.2, 0.25) is 0 Å². The summed E-state index contributed by atoms with van der Waals surface area (Å²) in [5, 5.41) is 22.1. The van der Waals surface area contributed by atoms with Gasteiger partial charge in [-0.15, -0.1) is 0 Å². The lowest BCUT2D eigenvalue weighted by molar-refractivity contribution is -0.384. The van der Waals surface area contributed by atoms with Gasteiger partial charge in [0.1, 0.15) is 5.76 Å². The van der Waals surface area contributed by atoms with Crippen molar-refractivity contribution < 1.29 is 19.6 Å². The van der Waals surface area contributed by atoms with E-state index in [2.05, 4.69) is 6.92 Å². The molecule has 2 aliphatic rings. The molecule has 1 saturated carbocycles. The molecule has 1 unspecified atom stereocenters. The SMILES string of the molecule is CCc1ccc(C2/C(=C(/O)c3ccc([N+](=O)[O-])cc3)C(=O)C(=O)N2C2CCCCC2)cc1. The highest BCUT2D eigenvalue weighted by molar-refractivity contribution is 6.46. The van der Waals surface area contributed by atoms with Gasteiger partial charge in [0.15, 0.2) is 0 Å². The molecule has 32 heavy (non-hydrogen) atoms. The number of carbonyl (C=O) groups is 2. The van der Waals surface area contributed by atoms with Crippen LogP contribution in [0.5, 0.6) is 0 Å². The molecule has 0 bridgehead atoms. The minimum atomic E-state index is -0.712. The number of hydrogen-bond acceptors (Lipinski definition) is 5. The molecule has 166 valence electrons. The Hall–Kier alpha value is -3.48. The summed E-state index contributed by atoms with van der Waals surface area (Å²) >= 11 is 0. The van der Waals surface area contributed by atoms with Crippen LogP contribution in [0, 0.1) is 10.1 Å². The van der Waals surface area contributed by atoms with Gasteiger partial charge in [-0.1, -0.05) is 50.5 Å². The molecule has 1 N–H and O–H groups in total. The minimum absolute atomic E-state index is 0.0404. The van der Waals surface area contributed by atoms with Crippen LogP contribution in [0.15, 0.2) is 54.1 Å². The molecular formula is C25H26N2O5. The number of aryl methyl sites for hydroxylation is 1. The van der Waals surface area contributed by atoms with Gasteiger partial charge in [-0.25, -0.2) is 0 Å².